The fraction of sp³-hybridized carbons (Fsp3) is 0.267. The second-order valence-corrected chi connectivity index (χ2v) is 4.50. The second kappa shape index (κ2) is 6.53. The summed E-state index contributed by atoms with van der Waals surface area (Å²) in [6.45, 7) is 0.794. The third-order valence-electron chi connectivity index (χ3n) is 2.88. The number of nitrogens with zero attached hydrogens (tertiary/aromatic N) is 1. The van der Waals surface area contributed by atoms with Crippen molar-refractivity contribution in [3.05, 3.63) is 48.0 Å². The molecule has 0 saturated carbocycles. The molecule has 0 aliphatic heterocycles. The number of hydrogen-bond donors (Lipinski definition) is 0. The molecule has 0 aromatic heterocycles. The Kier molecular flexibility index (Phi) is 5.32. The Bertz CT molecular complexity index is 532. The Morgan fingerprint density at radius 1 is 1.06 bits per heavy atom. The summed E-state index contributed by atoms with van der Waals surface area (Å²) < 4.78 is 0. The fourth-order valence-corrected chi connectivity index (χ4v) is 1.93. The molecule has 0 spiro atoms. The molecule has 0 radical (unpaired) electrons. The molecule has 0 fully saturated rings. The smallest absolute Gasteiger partial charge is 0.164 e. The zero-order chi connectivity index (χ0) is 12.3. The van der Waals surface area contributed by atoms with Gasteiger partial charge in [0.1, 0.15) is 0 Å². The van der Waals surface area contributed by atoms with E-state index in [-0.39, 0.29) is 18.2 Å². The van der Waals surface area contributed by atoms with Crippen LogP contribution in [0.25, 0.3) is 10.8 Å². The van der Waals surface area contributed by atoms with E-state index in [4.69, 9.17) is 0 Å². The maximum Gasteiger partial charge on any atom is 0.164 e. The molecule has 0 saturated heterocycles. The summed E-state index contributed by atoms with van der Waals surface area (Å²) in [5.41, 5.74) is 0.838. The number of Topliss-reactive ketones (excluding diaryl/α,β-unsaturated/α-hetero) is 1. The molecule has 0 aliphatic rings. The van der Waals surface area contributed by atoms with E-state index in [9.17, 15) is 4.79 Å². The molecule has 18 heavy (non-hydrogen) atoms. The van der Waals surface area contributed by atoms with Crippen molar-refractivity contribution in [1.82, 2.24) is 4.90 Å². The summed E-state index contributed by atoms with van der Waals surface area (Å²) >= 11 is 0. The average Bonchev–Trinajstić information content (AvgIpc) is 2.35. The van der Waals surface area contributed by atoms with Gasteiger partial charge in [-0.1, -0.05) is 42.5 Å². The van der Waals surface area contributed by atoms with Gasteiger partial charge in [0.25, 0.3) is 0 Å². The third-order valence-corrected chi connectivity index (χ3v) is 2.88. The van der Waals surface area contributed by atoms with Crippen LogP contribution in [-0.2, 0) is 0 Å². The van der Waals surface area contributed by atoms with Crippen LogP contribution in [0.15, 0.2) is 42.5 Å². The van der Waals surface area contributed by atoms with Crippen LogP contribution in [-0.4, -0.2) is 31.3 Å². The van der Waals surface area contributed by atoms with Crippen molar-refractivity contribution in [1.29, 1.82) is 0 Å². The first-order chi connectivity index (χ1) is 8.18. The lowest BCUT2D eigenvalue weighted by atomic mass is 10.00. The van der Waals surface area contributed by atoms with Crippen molar-refractivity contribution >= 4 is 29.0 Å². The number of carbonyl (C=O) groups excluding carboxylic acids is 1. The van der Waals surface area contributed by atoms with Crippen molar-refractivity contribution in [3.8, 4) is 0 Å². The molecule has 0 bridgehead atoms. The zero-order valence-electron chi connectivity index (χ0n) is 10.7. The zero-order valence-corrected chi connectivity index (χ0v) is 11.5. The van der Waals surface area contributed by atoms with Gasteiger partial charge >= 0.3 is 0 Å². The Balaban J connectivity index is 0.00000162. The average molecular weight is 264 g/mol. The van der Waals surface area contributed by atoms with Crippen LogP contribution in [0.5, 0.6) is 0 Å². The molecule has 0 unspecified atom stereocenters. The lowest BCUT2D eigenvalue weighted by Gasteiger charge is -2.09. The quantitative estimate of drug-likeness (QED) is 0.788. The highest BCUT2D eigenvalue weighted by Gasteiger charge is 2.09. The van der Waals surface area contributed by atoms with Gasteiger partial charge in [-0.2, -0.15) is 0 Å². The molecule has 3 heteroatoms. The standard InChI is InChI=1S/C15H17NO.ClH/c1-16(2)11-10-15(17)14-9-5-7-12-6-3-4-8-13(12)14;/h3-9H,10-11H2,1-2H3;1H. The first-order valence-electron chi connectivity index (χ1n) is 5.84. The number of ketones is 1. The number of carbonyl (C=O) groups is 1. The number of hydrogen-bond acceptors (Lipinski definition) is 2. The van der Waals surface area contributed by atoms with E-state index in [1.807, 2.05) is 61.5 Å². The molecule has 0 atom stereocenters. The monoisotopic (exact) mass is 263 g/mol. The summed E-state index contributed by atoms with van der Waals surface area (Å²) in [5, 5.41) is 2.18. The first-order valence-corrected chi connectivity index (χ1v) is 5.84. The lowest BCUT2D eigenvalue weighted by Crippen LogP contribution is -2.16. The highest BCUT2D eigenvalue weighted by molar-refractivity contribution is 6.08. The molecule has 2 nitrogen and oxygen atoms in total. The van der Waals surface area contributed by atoms with Crippen LogP contribution in [0.2, 0.25) is 0 Å². The van der Waals surface area contributed by atoms with Gasteiger partial charge in [0.2, 0.25) is 0 Å². The highest BCUT2D eigenvalue weighted by Crippen LogP contribution is 2.19. The van der Waals surface area contributed by atoms with Crippen molar-refractivity contribution in [2.75, 3.05) is 20.6 Å². The maximum atomic E-state index is 12.1. The van der Waals surface area contributed by atoms with E-state index >= 15 is 0 Å². The third kappa shape index (κ3) is 3.31. The number of benzene rings is 2. The van der Waals surface area contributed by atoms with E-state index < -0.39 is 0 Å². The Hall–Kier alpha value is -1.38. The SMILES string of the molecule is CN(C)CCC(=O)c1cccc2ccccc12.Cl. The number of halogens is 1. The van der Waals surface area contributed by atoms with E-state index in [1.54, 1.807) is 0 Å². The van der Waals surface area contributed by atoms with E-state index in [0.29, 0.717) is 6.42 Å². The molecule has 0 aliphatic carbocycles. The van der Waals surface area contributed by atoms with Crippen LogP contribution in [0.3, 0.4) is 0 Å². The van der Waals surface area contributed by atoms with E-state index in [0.717, 1.165) is 22.9 Å². The van der Waals surface area contributed by atoms with Crippen molar-refractivity contribution in [2.24, 2.45) is 0 Å². The summed E-state index contributed by atoms with van der Waals surface area (Å²) in [7, 11) is 3.97. The molecule has 2 aromatic carbocycles. The Morgan fingerprint density at radius 2 is 1.72 bits per heavy atom. The van der Waals surface area contributed by atoms with Gasteiger partial charge in [-0.15, -0.1) is 12.4 Å². The first kappa shape index (κ1) is 14.7. The number of fused-ring (bicyclic) bond motifs is 1. The minimum Gasteiger partial charge on any atom is -0.309 e. The van der Waals surface area contributed by atoms with Gasteiger partial charge in [0.05, 0.1) is 0 Å². The lowest BCUT2D eigenvalue weighted by molar-refractivity contribution is 0.0974. The fourth-order valence-electron chi connectivity index (χ4n) is 1.93. The molecule has 2 rings (SSSR count). The number of rotatable bonds is 4. The Morgan fingerprint density at radius 3 is 2.44 bits per heavy atom. The second-order valence-electron chi connectivity index (χ2n) is 4.50. The molecule has 96 valence electrons. The normalized spacial score (nSPS) is 10.4. The predicted octanol–water partition coefficient (Wildman–Crippen LogP) is 3.40. The van der Waals surface area contributed by atoms with Crippen molar-refractivity contribution in [2.45, 2.75) is 6.42 Å². The van der Waals surface area contributed by atoms with Crippen molar-refractivity contribution < 1.29 is 4.79 Å². The van der Waals surface area contributed by atoms with Gasteiger partial charge in [0.15, 0.2) is 5.78 Å². The summed E-state index contributed by atoms with van der Waals surface area (Å²) in [6.07, 6.45) is 0.570. The highest BCUT2D eigenvalue weighted by atomic mass is 35.5. The molecular formula is C15H18ClNO. The minimum absolute atomic E-state index is 0. The topological polar surface area (TPSA) is 20.3 Å². The summed E-state index contributed by atoms with van der Waals surface area (Å²) in [5.74, 6) is 0.218. The largest absolute Gasteiger partial charge is 0.309 e. The van der Waals surface area contributed by atoms with Gasteiger partial charge in [-0.3, -0.25) is 4.79 Å². The van der Waals surface area contributed by atoms with Gasteiger partial charge in [0, 0.05) is 18.5 Å². The van der Waals surface area contributed by atoms with Crippen LogP contribution in [0.1, 0.15) is 16.8 Å². The van der Waals surface area contributed by atoms with Crippen LogP contribution in [0, 0.1) is 0 Å². The van der Waals surface area contributed by atoms with E-state index in [1.165, 1.54) is 0 Å². The van der Waals surface area contributed by atoms with Crippen LogP contribution in [0.4, 0.5) is 0 Å². The molecule has 2 aromatic rings. The van der Waals surface area contributed by atoms with Crippen molar-refractivity contribution in [3.63, 3.8) is 0 Å². The van der Waals surface area contributed by atoms with Gasteiger partial charge < -0.3 is 4.90 Å². The Labute approximate surface area is 114 Å². The van der Waals surface area contributed by atoms with Gasteiger partial charge in [-0.25, -0.2) is 0 Å². The molecule has 0 N–H and O–H groups in total. The van der Waals surface area contributed by atoms with E-state index in [2.05, 4.69) is 0 Å². The minimum atomic E-state index is 0. The molecular weight excluding hydrogens is 246 g/mol. The summed E-state index contributed by atoms with van der Waals surface area (Å²) in [4.78, 5) is 14.2. The molecule has 0 amide bonds. The summed E-state index contributed by atoms with van der Waals surface area (Å²) in [6, 6.07) is 13.9. The van der Waals surface area contributed by atoms with Crippen LogP contribution >= 0.6 is 12.4 Å². The predicted molar refractivity (Wildman–Crippen MR) is 78.7 cm³/mol. The molecule has 0 heterocycles. The van der Waals surface area contributed by atoms with Gasteiger partial charge in [-0.05, 0) is 24.9 Å². The van der Waals surface area contributed by atoms with Crippen LogP contribution < -0.4 is 0 Å². The maximum absolute atomic E-state index is 12.1.